The average Bonchev–Trinajstić information content (AvgIpc) is 3.69. The zero-order valence-electron chi connectivity index (χ0n) is 50.8. The molecular formula is C60H71IrN3O-2. The zero-order valence-corrected chi connectivity index (χ0v) is 42.2. The van der Waals surface area contributed by atoms with Crippen molar-refractivity contribution in [3.63, 3.8) is 0 Å². The van der Waals surface area contributed by atoms with Gasteiger partial charge in [-0.15, -0.1) is 47.5 Å². The maximum atomic E-state index is 9.53. The Morgan fingerprint density at radius 1 is 0.769 bits per heavy atom. The van der Waals surface area contributed by atoms with Gasteiger partial charge in [-0.25, -0.2) is 4.98 Å². The molecule has 4 heterocycles. The van der Waals surface area contributed by atoms with Gasteiger partial charge in [-0.2, -0.15) is 0 Å². The molecule has 65 heavy (non-hydrogen) atoms. The second-order valence-corrected chi connectivity index (χ2v) is 22.0. The van der Waals surface area contributed by atoms with Crippen molar-refractivity contribution < 1.29 is 39.6 Å². The van der Waals surface area contributed by atoms with Crippen molar-refractivity contribution in [2.45, 2.75) is 147 Å². The van der Waals surface area contributed by atoms with E-state index in [-0.39, 0.29) is 42.5 Å². The van der Waals surface area contributed by atoms with Gasteiger partial charge in [0.1, 0.15) is 0 Å². The molecule has 7 aromatic rings. The molecule has 0 N–H and O–H groups in total. The maximum absolute atomic E-state index is 9.53. The summed E-state index contributed by atoms with van der Waals surface area (Å²) in [6, 6.07) is 31.4. The van der Waals surface area contributed by atoms with Gasteiger partial charge in [-0.1, -0.05) is 141 Å². The second kappa shape index (κ2) is 18.7. The molecule has 0 saturated heterocycles. The van der Waals surface area contributed by atoms with E-state index < -0.39 is 43.2 Å². The molecule has 2 aliphatic rings. The van der Waals surface area contributed by atoms with Crippen LogP contribution in [0.15, 0.2) is 102 Å². The SMILES string of the molecule is [2H]C([2H])([2H])c1c[c-]c(-c2cc(C([2H])([2H])C(C)(C)C)c(C([2H])([2H])C(C)(C)C)cn2)cc1-c1ccccc1.[2H]C([2H])([2H])c1ccc2c(n1)oc1c(-c3cc(C4([2H])CCC5(CC4)CC(C)(C)CC(C)(C)C5)ccn3)[c-]ccc12.[Ir]. The van der Waals surface area contributed by atoms with Crippen LogP contribution >= 0.6 is 0 Å². The molecule has 1 spiro atoms. The molecule has 0 bridgehead atoms. The molecule has 5 heteroatoms. The van der Waals surface area contributed by atoms with E-state index in [1.54, 1.807) is 65.9 Å². The van der Waals surface area contributed by atoms with E-state index in [1.165, 1.54) is 37.6 Å². The third-order valence-corrected chi connectivity index (χ3v) is 12.5. The van der Waals surface area contributed by atoms with E-state index in [1.807, 2.05) is 54.6 Å². The summed E-state index contributed by atoms with van der Waals surface area (Å²) >= 11 is 0. The number of pyridine rings is 3. The Bertz CT molecular complexity index is 3210. The third kappa shape index (κ3) is 11.6. The van der Waals surface area contributed by atoms with Gasteiger partial charge in [-0.3, -0.25) is 0 Å². The van der Waals surface area contributed by atoms with Crippen LogP contribution in [0.2, 0.25) is 0 Å². The summed E-state index contributed by atoms with van der Waals surface area (Å²) < 4.78 is 98.4. The normalized spacial score (nSPS) is 20.9. The summed E-state index contributed by atoms with van der Waals surface area (Å²) in [5.74, 6) is -0.646. The zero-order chi connectivity index (χ0) is 55.2. The molecule has 4 aromatic heterocycles. The quantitative estimate of drug-likeness (QED) is 0.156. The number of furan rings is 1. The van der Waals surface area contributed by atoms with Crippen molar-refractivity contribution in [3.05, 3.63) is 137 Å². The number of fused-ring (bicyclic) bond motifs is 3. The minimum atomic E-state index is -2.34. The molecule has 2 saturated carbocycles. The topological polar surface area (TPSA) is 51.8 Å². The van der Waals surface area contributed by atoms with Crippen LogP contribution < -0.4 is 0 Å². The monoisotopic (exact) mass is 1050 g/mol. The Kier molecular flexibility index (Phi) is 10.3. The van der Waals surface area contributed by atoms with Gasteiger partial charge in [0.05, 0.1) is 5.58 Å². The predicted molar refractivity (Wildman–Crippen MR) is 268 cm³/mol. The molecule has 1 radical (unpaired) electrons. The van der Waals surface area contributed by atoms with Gasteiger partial charge in [0.25, 0.3) is 0 Å². The van der Waals surface area contributed by atoms with Crippen LogP contribution in [0.3, 0.4) is 0 Å². The Morgan fingerprint density at radius 2 is 1.48 bits per heavy atom. The van der Waals surface area contributed by atoms with Crippen LogP contribution in [-0.4, -0.2) is 15.0 Å². The van der Waals surface area contributed by atoms with Gasteiger partial charge in [0, 0.05) is 58.7 Å². The largest absolute Gasteiger partial charge is 0.486 e. The fourth-order valence-corrected chi connectivity index (χ4v) is 10.9. The average molecular weight is 1050 g/mol. The van der Waals surface area contributed by atoms with Gasteiger partial charge in [0.15, 0.2) is 0 Å². The minimum Gasteiger partial charge on any atom is -0.486 e. The molecule has 4 nitrogen and oxygen atoms in total. The number of nitrogens with zero attached hydrogens (tertiary/aromatic N) is 3. The van der Waals surface area contributed by atoms with Crippen molar-refractivity contribution >= 4 is 22.1 Å². The fraction of sp³-hybridized carbons (Fsp3) is 0.450. The molecule has 0 aliphatic heterocycles. The van der Waals surface area contributed by atoms with Gasteiger partial charge >= 0.3 is 0 Å². The smallest absolute Gasteiger partial charge is 0.216 e. The Labute approximate surface area is 419 Å². The summed E-state index contributed by atoms with van der Waals surface area (Å²) in [6.45, 7) is 15.7. The van der Waals surface area contributed by atoms with Crippen LogP contribution in [-0.2, 0) is 32.9 Å². The molecule has 343 valence electrons. The summed E-state index contributed by atoms with van der Waals surface area (Å²) in [5.41, 5.74) is 5.48. The van der Waals surface area contributed by atoms with Gasteiger partial charge in [0.2, 0.25) is 5.71 Å². The van der Waals surface area contributed by atoms with Crippen LogP contribution in [0.4, 0.5) is 0 Å². The number of aromatic nitrogens is 3. The predicted octanol–water partition coefficient (Wildman–Crippen LogP) is 16.7. The number of aryl methyl sites for hydroxylation is 2. The number of hydrogen-bond donors (Lipinski definition) is 0. The van der Waals surface area contributed by atoms with Crippen LogP contribution in [0.1, 0.15) is 163 Å². The first kappa shape index (κ1) is 35.7. The first-order chi connectivity index (χ1) is 34.5. The summed E-state index contributed by atoms with van der Waals surface area (Å²) in [4.78, 5) is 13.5. The van der Waals surface area contributed by atoms with E-state index in [2.05, 4.69) is 54.8 Å². The van der Waals surface area contributed by atoms with Crippen molar-refractivity contribution in [2.24, 2.45) is 27.1 Å². The molecule has 0 amide bonds. The van der Waals surface area contributed by atoms with E-state index in [0.29, 0.717) is 55.6 Å². The number of benzene rings is 3. The second-order valence-electron chi connectivity index (χ2n) is 22.0. The Balaban J connectivity index is 0.000000219. The molecule has 2 fully saturated rings. The summed E-state index contributed by atoms with van der Waals surface area (Å²) in [5, 5.41) is 1.61. The van der Waals surface area contributed by atoms with Crippen LogP contribution in [0.5, 0.6) is 0 Å². The van der Waals surface area contributed by atoms with Crippen molar-refractivity contribution in [2.75, 3.05) is 0 Å². The first-order valence-electron chi connectivity index (χ1n) is 28.3. The van der Waals surface area contributed by atoms with E-state index in [9.17, 15) is 1.37 Å². The first-order valence-corrected chi connectivity index (χ1v) is 22.8. The molecular weight excluding hydrogens is 971 g/mol. The molecule has 0 atom stereocenters. The van der Waals surface area contributed by atoms with Crippen LogP contribution in [0, 0.1) is 52.9 Å². The summed E-state index contributed by atoms with van der Waals surface area (Å²) in [7, 11) is 0. The standard InChI is InChI=1S/C32H37N2O.C28H34N.Ir/c1-21-9-10-25-24-7-6-8-26(28(24)35-29(25)34-21)27-17-23(13-16-33-27)22-11-14-32(15-12-22)19-30(2,3)18-31(4,5)20-32;1-20-13-14-22(15-25(20)21-11-9-8-10-12-21)26-16-23(17-27(2,3)4)24(19-29-26)18-28(5,6)7;/h6-7,9-10,13,16-17,22H,11-12,14-15,18-20H2,1-5H3;8-13,15-16,19H,17-18H2,1-7H3;/q2*-1;/i1D3,22D;1D3,17D2,18D2;. The van der Waals surface area contributed by atoms with Gasteiger partial charge in [-0.05, 0) is 144 Å². The van der Waals surface area contributed by atoms with E-state index in [0.717, 1.165) is 47.6 Å². The number of hydrogen-bond acceptors (Lipinski definition) is 4. The number of rotatable bonds is 6. The maximum Gasteiger partial charge on any atom is 0.216 e. The molecule has 3 aromatic carbocycles. The molecule has 2 aliphatic carbocycles. The van der Waals surface area contributed by atoms with Crippen molar-refractivity contribution in [3.8, 4) is 33.6 Å². The minimum absolute atomic E-state index is 0. The summed E-state index contributed by atoms with van der Waals surface area (Å²) in [6.07, 6.45) is 7.13. The van der Waals surface area contributed by atoms with Gasteiger partial charge < -0.3 is 14.4 Å². The Hall–Kier alpha value is -4.44. The third-order valence-electron chi connectivity index (χ3n) is 12.5. The van der Waals surface area contributed by atoms with Crippen molar-refractivity contribution in [1.29, 1.82) is 0 Å². The van der Waals surface area contributed by atoms with E-state index >= 15 is 0 Å². The Morgan fingerprint density at radius 3 is 2.15 bits per heavy atom. The fourth-order valence-electron chi connectivity index (χ4n) is 10.9. The molecule has 0 unspecified atom stereocenters. The van der Waals surface area contributed by atoms with E-state index in [4.69, 9.17) is 18.1 Å². The van der Waals surface area contributed by atoms with Crippen molar-refractivity contribution in [1.82, 2.24) is 15.0 Å². The van der Waals surface area contributed by atoms with Crippen LogP contribution in [0.25, 0.3) is 55.7 Å². The molecule has 9 rings (SSSR count).